The average molecular weight is 157 g/mol. The molecular formula is C8H15NO2. The fourth-order valence-electron chi connectivity index (χ4n) is 0.577. The van der Waals surface area contributed by atoms with Crippen molar-refractivity contribution in [3.05, 3.63) is 11.4 Å². The molecule has 0 rings (SSSR count). The second kappa shape index (κ2) is 9.41. The lowest BCUT2D eigenvalue weighted by atomic mass is 10.5. The number of hydrogen-bond donors (Lipinski definition) is 0. The monoisotopic (exact) mass is 157 g/mol. The molecule has 0 saturated carbocycles. The molecule has 0 atom stereocenters. The van der Waals surface area contributed by atoms with E-state index in [1.807, 2.05) is 0 Å². The van der Waals surface area contributed by atoms with E-state index >= 15 is 0 Å². The van der Waals surface area contributed by atoms with E-state index in [0.717, 1.165) is 13.0 Å². The molecule has 0 heterocycles. The van der Waals surface area contributed by atoms with Crippen molar-refractivity contribution >= 4 is 0 Å². The van der Waals surface area contributed by atoms with Crippen molar-refractivity contribution in [2.45, 2.75) is 13.3 Å². The molecule has 0 aliphatic carbocycles. The van der Waals surface area contributed by atoms with Crippen molar-refractivity contribution in [2.24, 2.45) is 0 Å². The standard InChI is InChI=1S/C8H15NO2/c1-3-5-10-7-8-11-6-4-9-2/h3-8H2,1H3. The Bertz CT molecular complexity index is 109. The van der Waals surface area contributed by atoms with Gasteiger partial charge in [-0.25, -0.2) is 6.57 Å². The predicted octanol–water partition coefficient (Wildman–Crippen LogP) is 1.35. The van der Waals surface area contributed by atoms with Crippen LogP contribution >= 0.6 is 0 Å². The molecule has 0 N–H and O–H groups in total. The molecule has 0 aromatic carbocycles. The predicted molar refractivity (Wildman–Crippen MR) is 43.4 cm³/mol. The van der Waals surface area contributed by atoms with Crippen molar-refractivity contribution in [3.8, 4) is 0 Å². The van der Waals surface area contributed by atoms with Gasteiger partial charge in [0.15, 0.2) is 0 Å². The number of rotatable bonds is 7. The van der Waals surface area contributed by atoms with Gasteiger partial charge in [-0.3, -0.25) is 0 Å². The zero-order chi connectivity index (χ0) is 8.36. The van der Waals surface area contributed by atoms with Crippen LogP contribution in [0.25, 0.3) is 4.85 Å². The third-order valence-electron chi connectivity index (χ3n) is 1.07. The van der Waals surface area contributed by atoms with Crippen LogP contribution in [-0.4, -0.2) is 33.0 Å². The molecular weight excluding hydrogens is 142 g/mol. The zero-order valence-corrected chi connectivity index (χ0v) is 7.01. The smallest absolute Gasteiger partial charge is 0.237 e. The maximum absolute atomic E-state index is 6.46. The Morgan fingerprint density at radius 3 is 2.27 bits per heavy atom. The Morgan fingerprint density at radius 2 is 1.73 bits per heavy atom. The molecule has 64 valence electrons. The van der Waals surface area contributed by atoms with Crippen molar-refractivity contribution in [1.29, 1.82) is 0 Å². The van der Waals surface area contributed by atoms with Crippen LogP contribution in [-0.2, 0) is 9.47 Å². The van der Waals surface area contributed by atoms with E-state index in [-0.39, 0.29) is 0 Å². The first-order chi connectivity index (χ1) is 5.41. The molecule has 0 amide bonds. The van der Waals surface area contributed by atoms with Crippen molar-refractivity contribution in [3.63, 3.8) is 0 Å². The van der Waals surface area contributed by atoms with Crippen molar-refractivity contribution in [2.75, 3.05) is 33.0 Å². The molecule has 0 bridgehead atoms. The fraction of sp³-hybridized carbons (Fsp3) is 0.875. The number of hydrogen-bond acceptors (Lipinski definition) is 2. The molecule has 3 heteroatoms. The minimum Gasteiger partial charge on any atom is -0.379 e. The Morgan fingerprint density at radius 1 is 1.09 bits per heavy atom. The van der Waals surface area contributed by atoms with Gasteiger partial charge < -0.3 is 14.3 Å². The third-order valence-corrected chi connectivity index (χ3v) is 1.07. The van der Waals surface area contributed by atoms with Gasteiger partial charge in [-0.1, -0.05) is 6.92 Å². The van der Waals surface area contributed by atoms with E-state index in [2.05, 4.69) is 11.8 Å². The summed E-state index contributed by atoms with van der Waals surface area (Å²) >= 11 is 0. The van der Waals surface area contributed by atoms with Crippen LogP contribution in [0, 0.1) is 6.57 Å². The highest BCUT2D eigenvalue weighted by Crippen LogP contribution is 1.81. The average Bonchev–Trinajstić information content (AvgIpc) is 2.03. The van der Waals surface area contributed by atoms with Crippen LogP contribution in [0.3, 0.4) is 0 Å². The Balaban J connectivity index is 2.75. The van der Waals surface area contributed by atoms with Gasteiger partial charge in [0, 0.05) is 6.61 Å². The second-order valence-corrected chi connectivity index (χ2v) is 2.11. The first-order valence-electron chi connectivity index (χ1n) is 3.90. The lowest BCUT2D eigenvalue weighted by molar-refractivity contribution is 0.0525. The summed E-state index contributed by atoms with van der Waals surface area (Å²) in [6, 6.07) is 0. The summed E-state index contributed by atoms with van der Waals surface area (Å²) in [4.78, 5) is 3.15. The second-order valence-electron chi connectivity index (χ2n) is 2.11. The zero-order valence-electron chi connectivity index (χ0n) is 7.01. The van der Waals surface area contributed by atoms with E-state index < -0.39 is 0 Å². The molecule has 0 aliphatic heterocycles. The number of nitrogens with zero attached hydrogens (tertiary/aromatic N) is 1. The first-order valence-corrected chi connectivity index (χ1v) is 3.90. The molecule has 0 saturated heterocycles. The van der Waals surface area contributed by atoms with Gasteiger partial charge in [-0.15, -0.1) is 0 Å². The normalized spacial score (nSPS) is 9.45. The summed E-state index contributed by atoms with van der Waals surface area (Å²) in [6.45, 7) is 11.6. The van der Waals surface area contributed by atoms with Gasteiger partial charge in [-0.2, -0.15) is 0 Å². The molecule has 0 fully saturated rings. The maximum Gasteiger partial charge on any atom is 0.237 e. The minimum absolute atomic E-state index is 0.452. The van der Waals surface area contributed by atoms with Gasteiger partial charge in [-0.05, 0) is 6.42 Å². The van der Waals surface area contributed by atoms with E-state index in [1.54, 1.807) is 0 Å². The molecule has 0 aliphatic rings. The Labute approximate surface area is 68.1 Å². The lowest BCUT2D eigenvalue weighted by Gasteiger charge is -2.01. The van der Waals surface area contributed by atoms with Crippen LogP contribution in [0.15, 0.2) is 0 Å². The molecule has 0 spiro atoms. The van der Waals surface area contributed by atoms with Crippen molar-refractivity contribution in [1.82, 2.24) is 0 Å². The SMILES string of the molecule is [C-]#[N+]CCOCCOCCC. The Kier molecular flexibility index (Phi) is 8.91. The molecule has 3 nitrogen and oxygen atoms in total. The first kappa shape index (κ1) is 10.4. The topological polar surface area (TPSA) is 22.8 Å². The van der Waals surface area contributed by atoms with Crippen LogP contribution in [0.5, 0.6) is 0 Å². The quantitative estimate of drug-likeness (QED) is 0.411. The number of ether oxygens (including phenoxy) is 2. The summed E-state index contributed by atoms with van der Waals surface area (Å²) in [6.07, 6.45) is 1.04. The summed E-state index contributed by atoms with van der Waals surface area (Å²) in [7, 11) is 0. The van der Waals surface area contributed by atoms with Crippen LogP contribution in [0.4, 0.5) is 0 Å². The molecule has 11 heavy (non-hydrogen) atoms. The van der Waals surface area contributed by atoms with E-state index in [1.165, 1.54) is 0 Å². The summed E-state index contributed by atoms with van der Waals surface area (Å²) in [5, 5.41) is 0. The van der Waals surface area contributed by atoms with E-state index in [9.17, 15) is 0 Å². The Hall–Kier alpha value is -0.590. The fourth-order valence-corrected chi connectivity index (χ4v) is 0.577. The molecule has 0 aromatic heterocycles. The highest BCUT2D eigenvalue weighted by Gasteiger charge is 1.89. The largest absolute Gasteiger partial charge is 0.379 e. The van der Waals surface area contributed by atoms with Gasteiger partial charge in [0.25, 0.3) is 0 Å². The van der Waals surface area contributed by atoms with E-state index in [0.29, 0.717) is 26.4 Å². The minimum atomic E-state index is 0.452. The molecule has 0 unspecified atom stereocenters. The summed E-state index contributed by atoms with van der Waals surface area (Å²) < 4.78 is 10.2. The highest BCUT2D eigenvalue weighted by atomic mass is 16.5. The van der Waals surface area contributed by atoms with Gasteiger partial charge in [0.05, 0.1) is 13.2 Å². The van der Waals surface area contributed by atoms with Gasteiger partial charge in [0.1, 0.15) is 6.61 Å². The van der Waals surface area contributed by atoms with E-state index in [4.69, 9.17) is 16.0 Å². The van der Waals surface area contributed by atoms with Crippen LogP contribution in [0.2, 0.25) is 0 Å². The molecule has 0 aromatic rings. The lowest BCUT2D eigenvalue weighted by Crippen LogP contribution is -2.06. The van der Waals surface area contributed by atoms with Crippen LogP contribution < -0.4 is 0 Å². The van der Waals surface area contributed by atoms with Crippen molar-refractivity contribution < 1.29 is 9.47 Å². The molecule has 0 radical (unpaired) electrons. The third kappa shape index (κ3) is 9.41. The van der Waals surface area contributed by atoms with Gasteiger partial charge in [0.2, 0.25) is 6.54 Å². The highest BCUT2D eigenvalue weighted by molar-refractivity contribution is 4.55. The summed E-state index contributed by atoms with van der Waals surface area (Å²) in [5.74, 6) is 0. The maximum atomic E-state index is 6.46. The summed E-state index contributed by atoms with van der Waals surface area (Å²) in [5.41, 5.74) is 0. The van der Waals surface area contributed by atoms with Crippen LogP contribution in [0.1, 0.15) is 13.3 Å². The van der Waals surface area contributed by atoms with Gasteiger partial charge >= 0.3 is 0 Å².